The number of nitrogens with zero attached hydrogens (tertiary/aromatic N) is 3. The number of allylic oxidation sites excluding steroid dienone is 1. The Kier molecular flexibility index (Phi) is 4.04. The smallest absolute Gasteiger partial charge is 0.187 e. The van der Waals surface area contributed by atoms with E-state index in [1.807, 2.05) is 13.1 Å². The van der Waals surface area contributed by atoms with Gasteiger partial charge in [0.2, 0.25) is 0 Å². The molecule has 0 bridgehead atoms. The van der Waals surface area contributed by atoms with Crippen molar-refractivity contribution in [2.45, 2.75) is 13.5 Å². The van der Waals surface area contributed by atoms with E-state index < -0.39 is 0 Å². The SMILES string of the molecule is CCn1cc(Br)c(/C=C/C(=O)c2cccnc2)n1. The third-order valence-corrected chi connectivity index (χ3v) is 3.02. The van der Waals surface area contributed by atoms with Crippen molar-refractivity contribution in [3.8, 4) is 0 Å². The molecule has 0 aliphatic rings. The second-order valence-corrected chi connectivity index (χ2v) is 4.51. The molecule has 0 N–H and O–H groups in total. The molecule has 2 aromatic heterocycles. The zero-order valence-corrected chi connectivity index (χ0v) is 11.5. The molecule has 92 valence electrons. The van der Waals surface area contributed by atoms with E-state index in [4.69, 9.17) is 0 Å². The van der Waals surface area contributed by atoms with Gasteiger partial charge in [0.15, 0.2) is 5.78 Å². The van der Waals surface area contributed by atoms with E-state index in [1.54, 1.807) is 35.3 Å². The van der Waals surface area contributed by atoms with E-state index in [2.05, 4.69) is 26.0 Å². The van der Waals surface area contributed by atoms with Crippen molar-refractivity contribution in [2.75, 3.05) is 0 Å². The highest BCUT2D eigenvalue weighted by Gasteiger charge is 2.04. The predicted molar refractivity (Wildman–Crippen MR) is 73.2 cm³/mol. The first-order valence-corrected chi connectivity index (χ1v) is 6.35. The van der Waals surface area contributed by atoms with Crippen molar-refractivity contribution in [3.05, 3.63) is 52.5 Å². The van der Waals surface area contributed by atoms with Gasteiger partial charge in [-0.15, -0.1) is 0 Å². The number of pyridine rings is 1. The molecule has 0 unspecified atom stereocenters. The van der Waals surface area contributed by atoms with Crippen LogP contribution >= 0.6 is 15.9 Å². The minimum Gasteiger partial charge on any atom is -0.289 e. The van der Waals surface area contributed by atoms with Crippen molar-refractivity contribution in [1.82, 2.24) is 14.8 Å². The fraction of sp³-hybridized carbons (Fsp3) is 0.154. The molecule has 0 radical (unpaired) electrons. The van der Waals surface area contributed by atoms with Crippen molar-refractivity contribution in [1.29, 1.82) is 0 Å². The molecule has 18 heavy (non-hydrogen) atoms. The van der Waals surface area contributed by atoms with Crippen LogP contribution in [0.1, 0.15) is 23.0 Å². The Morgan fingerprint density at radius 2 is 2.39 bits per heavy atom. The molecule has 0 spiro atoms. The summed E-state index contributed by atoms with van der Waals surface area (Å²) in [5.41, 5.74) is 1.31. The molecule has 0 saturated carbocycles. The molecule has 5 heteroatoms. The van der Waals surface area contributed by atoms with Gasteiger partial charge in [-0.3, -0.25) is 14.5 Å². The molecule has 0 atom stereocenters. The lowest BCUT2D eigenvalue weighted by Gasteiger charge is -1.93. The summed E-state index contributed by atoms with van der Waals surface area (Å²) >= 11 is 3.41. The minimum absolute atomic E-state index is 0.0824. The van der Waals surface area contributed by atoms with Gasteiger partial charge in [0.05, 0.1) is 10.2 Å². The summed E-state index contributed by atoms with van der Waals surface area (Å²) in [6.07, 6.45) is 8.27. The zero-order chi connectivity index (χ0) is 13.0. The zero-order valence-electron chi connectivity index (χ0n) is 9.88. The first kappa shape index (κ1) is 12.7. The predicted octanol–water partition coefficient (Wildman–Crippen LogP) is 2.96. The molecular formula is C13H12BrN3O. The summed E-state index contributed by atoms with van der Waals surface area (Å²) in [6.45, 7) is 2.80. The van der Waals surface area contributed by atoms with E-state index in [0.717, 1.165) is 16.7 Å². The van der Waals surface area contributed by atoms with Gasteiger partial charge in [0, 0.05) is 30.7 Å². The molecule has 2 heterocycles. The maximum Gasteiger partial charge on any atom is 0.187 e. The van der Waals surface area contributed by atoms with Crippen LogP contribution in [0.3, 0.4) is 0 Å². The van der Waals surface area contributed by atoms with Gasteiger partial charge in [-0.2, -0.15) is 5.10 Å². The van der Waals surface area contributed by atoms with Crippen LogP contribution < -0.4 is 0 Å². The second-order valence-electron chi connectivity index (χ2n) is 3.66. The molecule has 0 fully saturated rings. The van der Waals surface area contributed by atoms with Crippen LogP contribution in [0.4, 0.5) is 0 Å². The Morgan fingerprint density at radius 3 is 3.00 bits per heavy atom. The first-order valence-electron chi connectivity index (χ1n) is 5.56. The maximum absolute atomic E-state index is 11.8. The van der Waals surface area contributed by atoms with Crippen molar-refractivity contribution in [2.24, 2.45) is 0 Å². The number of ketones is 1. The van der Waals surface area contributed by atoms with Gasteiger partial charge in [-0.1, -0.05) is 0 Å². The topological polar surface area (TPSA) is 47.8 Å². The highest BCUT2D eigenvalue weighted by molar-refractivity contribution is 9.10. The van der Waals surface area contributed by atoms with Crippen molar-refractivity contribution < 1.29 is 4.79 Å². The largest absolute Gasteiger partial charge is 0.289 e. The van der Waals surface area contributed by atoms with E-state index in [1.165, 1.54) is 6.08 Å². The first-order chi connectivity index (χ1) is 8.70. The van der Waals surface area contributed by atoms with E-state index in [0.29, 0.717) is 5.56 Å². The van der Waals surface area contributed by atoms with Crippen LogP contribution in [0, 0.1) is 0 Å². The van der Waals surface area contributed by atoms with Gasteiger partial charge in [-0.05, 0) is 47.1 Å². The van der Waals surface area contributed by atoms with Gasteiger partial charge >= 0.3 is 0 Å². The fourth-order valence-electron chi connectivity index (χ4n) is 1.45. The highest BCUT2D eigenvalue weighted by Crippen LogP contribution is 2.16. The van der Waals surface area contributed by atoms with Gasteiger partial charge in [0.25, 0.3) is 0 Å². The lowest BCUT2D eigenvalue weighted by Crippen LogP contribution is -1.95. The standard InChI is InChI=1S/C13H12BrN3O/c1-2-17-9-11(14)12(16-17)5-6-13(18)10-4-3-7-15-8-10/h3-9H,2H2,1H3/b6-5+. The molecular weight excluding hydrogens is 294 g/mol. The van der Waals surface area contributed by atoms with Crippen LogP contribution in [0.15, 0.2) is 41.3 Å². The molecule has 0 aliphatic heterocycles. The number of aryl methyl sites for hydroxylation is 1. The maximum atomic E-state index is 11.8. The molecule has 0 saturated heterocycles. The lowest BCUT2D eigenvalue weighted by molar-refractivity contribution is 0.104. The summed E-state index contributed by atoms with van der Waals surface area (Å²) < 4.78 is 2.68. The van der Waals surface area contributed by atoms with Crippen LogP contribution in [-0.2, 0) is 6.54 Å². The summed E-state index contributed by atoms with van der Waals surface area (Å²) in [7, 11) is 0. The van der Waals surface area contributed by atoms with Crippen LogP contribution in [-0.4, -0.2) is 20.5 Å². The normalized spacial score (nSPS) is 11.0. The number of aromatic nitrogens is 3. The van der Waals surface area contributed by atoms with Gasteiger partial charge in [-0.25, -0.2) is 0 Å². The quantitative estimate of drug-likeness (QED) is 0.644. The summed E-state index contributed by atoms with van der Waals surface area (Å²) in [4.78, 5) is 15.7. The summed E-state index contributed by atoms with van der Waals surface area (Å²) in [6, 6.07) is 3.47. The Bertz CT molecular complexity index is 575. The highest BCUT2D eigenvalue weighted by atomic mass is 79.9. The van der Waals surface area contributed by atoms with Gasteiger partial charge < -0.3 is 0 Å². The third kappa shape index (κ3) is 2.92. The van der Waals surface area contributed by atoms with Crippen molar-refractivity contribution >= 4 is 27.8 Å². The Morgan fingerprint density at radius 1 is 1.56 bits per heavy atom. The Hall–Kier alpha value is -1.75. The average Bonchev–Trinajstić information content (AvgIpc) is 2.77. The number of carbonyl (C=O) groups is 1. The summed E-state index contributed by atoms with van der Waals surface area (Å²) in [5, 5.41) is 4.31. The average molecular weight is 306 g/mol. The summed E-state index contributed by atoms with van der Waals surface area (Å²) in [5.74, 6) is -0.0824. The number of rotatable bonds is 4. The number of halogens is 1. The monoisotopic (exact) mass is 305 g/mol. The Balaban J connectivity index is 2.16. The minimum atomic E-state index is -0.0824. The van der Waals surface area contributed by atoms with E-state index in [-0.39, 0.29) is 5.78 Å². The van der Waals surface area contributed by atoms with Gasteiger partial charge in [0.1, 0.15) is 0 Å². The van der Waals surface area contributed by atoms with E-state index in [9.17, 15) is 4.79 Å². The molecule has 0 aliphatic carbocycles. The number of hydrogen-bond donors (Lipinski definition) is 0. The van der Waals surface area contributed by atoms with Crippen LogP contribution in [0.25, 0.3) is 6.08 Å². The molecule has 2 rings (SSSR count). The molecule has 2 aromatic rings. The van der Waals surface area contributed by atoms with Crippen molar-refractivity contribution in [3.63, 3.8) is 0 Å². The fourth-order valence-corrected chi connectivity index (χ4v) is 1.89. The lowest BCUT2D eigenvalue weighted by atomic mass is 10.2. The second kappa shape index (κ2) is 5.73. The molecule has 4 nitrogen and oxygen atoms in total. The van der Waals surface area contributed by atoms with Crippen LogP contribution in [0.5, 0.6) is 0 Å². The number of hydrogen-bond acceptors (Lipinski definition) is 3. The molecule has 0 amide bonds. The number of carbonyl (C=O) groups excluding carboxylic acids is 1. The van der Waals surface area contributed by atoms with E-state index >= 15 is 0 Å². The Labute approximate surface area is 113 Å². The molecule has 0 aromatic carbocycles. The van der Waals surface area contributed by atoms with Crippen LogP contribution in [0.2, 0.25) is 0 Å². The third-order valence-electron chi connectivity index (χ3n) is 2.41.